The van der Waals surface area contributed by atoms with Crippen molar-refractivity contribution in [2.75, 3.05) is 39.0 Å². The van der Waals surface area contributed by atoms with Gasteiger partial charge in [-0.2, -0.15) is 4.31 Å². The maximum atomic E-state index is 12.1. The smallest absolute Gasteiger partial charge is 0.317 e. The molecule has 3 saturated heterocycles. The molecule has 0 aliphatic carbocycles. The van der Waals surface area contributed by atoms with Gasteiger partial charge in [-0.1, -0.05) is 0 Å². The van der Waals surface area contributed by atoms with E-state index < -0.39 is 10.0 Å². The van der Waals surface area contributed by atoms with Gasteiger partial charge in [-0.05, 0) is 38.5 Å². The molecule has 1 spiro atoms. The summed E-state index contributed by atoms with van der Waals surface area (Å²) in [5, 5.41) is 2.97. The Kier molecular flexibility index (Phi) is 4.85. The average molecular weight is 345 g/mol. The van der Waals surface area contributed by atoms with Gasteiger partial charge in [-0.25, -0.2) is 13.2 Å². The molecule has 0 bridgehead atoms. The fourth-order valence-electron chi connectivity index (χ4n) is 3.89. The minimum atomic E-state index is -3.16. The highest BCUT2D eigenvalue weighted by Gasteiger charge is 2.45. The molecule has 0 saturated carbocycles. The number of nitrogens with one attached hydrogen (secondary N) is 1. The summed E-state index contributed by atoms with van der Waals surface area (Å²) in [7, 11) is -3.16. The second-order valence-electron chi connectivity index (χ2n) is 7.04. The van der Waals surface area contributed by atoms with Crippen LogP contribution in [-0.4, -0.2) is 74.3 Å². The van der Waals surface area contributed by atoms with E-state index in [1.165, 1.54) is 10.6 Å². The van der Waals surface area contributed by atoms with E-state index in [0.717, 1.165) is 51.6 Å². The number of likely N-dealkylation sites (tertiary alicyclic amines) is 1. The lowest BCUT2D eigenvalue weighted by molar-refractivity contribution is -0.116. The molecule has 0 aromatic rings. The molecule has 3 rings (SSSR count). The Bertz CT molecular complexity index is 547. The second-order valence-corrected chi connectivity index (χ2v) is 9.02. The third kappa shape index (κ3) is 3.97. The molecule has 3 fully saturated rings. The molecule has 0 unspecified atom stereocenters. The molecular formula is C15H27N3O4S. The van der Waals surface area contributed by atoms with Crippen molar-refractivity contribution in [1.82, 2.24) is 14.5 Å². The molecule has 3 aliphatic rings. The van der Waals surface area contributed by atoms with Gasteiger partial charge in [0.15, 0.2) is 0 Å². The predicted octanol–water partition coefficient (Wildman–Crippen LogP) is 0.765. The molecule has 0 aromatic heterocycles. The van der Waals surface area contributed by atoms with Crippen LogP contribution in [0, 0.1) is 0 Å². The molecule has 3 aliphatic heterocycles. The van der Waals surface area contributed by atoms with Crippen molar-refractivity contribution < 1.29 is 17.9 Å². The van der Waals surface area contributed by atoms with Gasteiger partial charge in [-0.3, -0.25) is 0 Å². The van der Waals surface area contributed by atoms with Crippen molar-refractivity contribution in [1.29, 1.82) is 0 Å². The first kappa shape index (κ1) is 17.0. The molecule has 2 amide bonds. The van der Waals surface area contributed by atoms with Gasteiger partial charge >= 0.3 is 6.03 Å². The summed E-state index contributed by atoms with van der Waals surface area (Å²) in [6, 6.07) is -0.00471. The Morgan fingerprint density at radius 1 is 1.22 bits per heavy atom. The van der Waals surface area contributed by atoms with Crippen molar-refractivity contribution in [3.05, 3.63) is 0 Å². The molecule has 1 N–H and O–H groups in total. The first-order valence-electron chi connectivity index (χ1n) is 8.54. The van der Waals surface area contributed by atoms with Crippen LogP contribution in [-0.2, 0) is 14.8 Å². The largest absolute Gasteiger partial charge is 0.369 e. The standard InChI is InChI=1S/C15H27N3O4S/c1-23(20,21)18-10-7-15(12-18)6-4-5-13(22-15)11-16-14(19)17-8-2-3-9-17/h13H,2-12H2,1H3,(H,16,19)/t13-,15+/m0/s1. The normalized spacial score (nSPS) is 32.6. The summed E-state index contributed by atoms with van der Waals surface area (Å²) in [4.78, 5) is 13.9. The Hall–Kier alpha value is -0.860. The zero-order valence-electron chi connectivity index (χ0n) is 13.8. The third-order valence-electron chi connectivity index (χ3n) is 5.20. The summed E-state index contributed by atoms with van der Waals surface area (Å²) < 4.78 is 31.2. The fraction of sp³-hybridized carbons (Fsp3) is 0.933. The average Bonchev–Trinajstić information content (AvgIpc) is 3.15. The number of rotatable bonds is 3. The van der Waals surface area contributed by atoms with Crippen LogP contribution < -0.4 is 5.32 Å². The van der Waals surface area contributed by atoms with Crippen LogP contribution in [0.3, 0.4) is 0 Å². The van der Waals surface area contributed by atoms with E-state index in [4.69, 9.17) is 4.74 Å². The number of hydrogen-bond donors (Lipinski definition) is 1. The molecule has 23 heavy (non-hydrogen) atoms. The minimum absolute atomic E-state index is 0.00471. The summed E-state index contributed by atoms with van der Waals surface area (Å²) in [5.41, 5.74) is -0.357. The van der Waals surface area contributed by atoms with Crippen LogP contribution in [0.2, 0.25) is 0 Å². The molecule has 2 atom stereocenters. The number of urea groups is 1. The van der Waals surface area contributed by atoms with Crippen LogP contribution >= 0.6 is 0 Å². The zero-order chi connectivity index (χ0) is 16.5. The lowest BCUT2D eigenvalue weighted by Gasteiger charge is -2.38. The number of hydrogen-bond acceptors (Lipinski definition) is 4. The van der Waals surface area contributed by atoms with E-state index in [1.807, 2.05) is 4.90 Å². The number of nitrogens with zero attached hydrogens (tertiary/aromatic N) is 2. The van der Waals surface area contributed by atoms with Crippen LogP contribution in [0.15, 0.2) is 0 Å². The molecule has 3 heterocycles. The topological polar surface area (TPSA) is 79.0 Å². The highest BCUT2D eigenvalue weighted by atomic mass is 32.2. The van der Waals surface area contributed by atoms with E-state index in [-0.39, 0.29) is 17.7 Å². The highest BCUT2D eigenvalue weighted by molar-refractivity contribution is 7.88. The van der Waals surface area contributed by atoms with Crippen molar-refractivity contribution in [2.45, 2.75) is 50.2 Å². The molecule has 7 nitrogen and oxygen atoms in total. The second kappa shape index (κ2) is 6.57. The number of sulfonamides is 1. The Morgan fingerprint density at radius 3 is 2.61 bits per heavy atom. The SMILES string of the molecule is CS(=O)(=O)N1CC[C@]2(CCC[C@@H](CNC(=O)N3CCCC3)O2)C1. The van der Waals surface area contributed by atoms with E-state index >= 15 is 0 Å². The lowest BCUT2D eigenvalue weighted by Crippen LogP contribution is -2.48. The van der Waals surface area contributed by atoms with Gasteiger partial charge in [0, 0.05) is 32.7 Å². The van der Waals surface area contributed by atoms with Gasteiger partial charge in [0.1, 0.15) is 0 Å². The number of carbonyl (C=O) groups excluding carboxylic acids is 1. The number of carbonyl (C=O) groups is 1. The first-order valence-corrected chi connectivity index (χ1v) is 10.4. The summed E-state index contributed by atoms with van der Waals surface area (Å²) in [5.74, 6) is 0. The van der Waals surface area contributed by atoms with Crippen molar-refractivity contribution in [3.63, 3.8) is 0 Å². The zero-order valence-corrected chi connectivity index (χ0v) is 14.6. The summed E-state index contributed by atoms with van der Waals surface area (Å²) >= 11 is 0. The predicted molar refractivity (Wildman–Crippen MR) is 86.7 cm³/mol. The van der Waals surface area contributed by atoms with Gasteiger partial charge in [-0.15, -0.1) is 0 Å². The lowest BCUT2D eigenvalue weighted by atomic mass is 9.90. The summed E-state index contributed by atoms with van der Waals surface area (Å²) in [6.45, 7) is 3.17. The highest BCUT2D eigenvalue weighted by Crippen LogP contribution is 2.37. The maximum Gasteiger partial charge on any atom is 0.317 e. The maximum absolute atomic E-state index is 12.1. The van der Waals surface area contributed by atoms with Gasteiger partial charge in [0.25, 0.3) is 0 Å². The Balaban J connectivity index is 1.51. The molecular weight excluding hydrogens is 318 g/mol. The van der Waals surface area contributed by atoms with Crippen LogP contribution in [0.25, 0.3) is 0 Å². The summed E-state index contributed by atoms with van der Waals surface area (Å²) in [6.07, 6.45) is 6.97. The quantitative estimate of drug-likeness (QED) is 0.819. The number of amides is 2. The molecule has 132 valence electrons. The van der Waals surface area contributed by atoms with Crippen LogP contribution in [0.5, 0.6) is 0 Å². The fourth-order valence-corrected chi connectivity index (χ4v) is 4.78. The van der Waals surface area contributed by atoms with E-state index in [2.05, 4.69) is 5.32 Å². The van der Waals surface area contributed by atoms with Crippen molar-refractivity contribution >= 4 is 16.1 Å². The Morgan fingerprint density at radius 2 is 1.96 bits per heavy atom. The van der Waals surface area contributed by atoms with Gasteiger partial charge < -0.3 is 15.0 Å². The van der Waals surface area contributed by atoms with E-state index in [9.17, 15) is 13.2 Å². The van der Waals surface area contributed by atoms with Crippen LogP contribution in [0.1, 0.15) is 38.5 Å². The van der Waals surface area contributed by atoms with Crippen molar-refractivity contribution in [2.24, 2.45) is 0 Å². The van der Waals surface area contributed by atoms with Gasteiger partial charge in [0.2, 0.25) is 10.0 Å². The monoisotopic (exact) mass is 345 g/mol. The van der Waals surface area contributed by atoms with E-state index in [0.29, 0.717) is 19.6 Å². The van der Waals surface area contributed by atoms with E-state index in [1.54, 1.807) is 0 Å². The first-order chi connectivity index (χ1) is 10.9. The van der Waals surface area contributed by atoms with Gasteiger partial charge in [0.05, 0.1) is 18.0 Å². The number of ether oxygens (including phenoxy) is 1. The molecule has 8 heteroatoms. The third-order valence-corrected chi connectivity index (χ3v) is 6.45. The Labute approximate surface area is 138 Å². The molecule has 0 aromatic carbocycles. The van der Waals surface area contributed by atoms with Crippen LogP contribution in [0.4, 0.5) is 4.79 Å². The molecule has 0 radical (unpaired) electrons. The minimum Gasteiger partial charge on any atom is -0.369 e. The van der Waals surface area contributed by atoms with Crippen molar-refractivity contribution in [3.8, 4) is 0 Å².